The molecule has 120 valence electrons. The quantitative estimate of drug-likeness (QED) is 0.783. The van der Waals surface area contributed by atoms with Gasteiger partial charge in [-0.1, -0.05) is 12.1 Å². The molecular formula is C15H15F3O4. The van der Waals surface area contributed by atoms with E-state index in [0.29, 0.717) is 11.1 Å². The molecule has 0 saturated carbocycles. The molecule has 0 amide bonds. The fourth-order valence-corrected chi connectivity index (χ4v) is 1.52. The van der Waals surface area contributed by atoms with E-state index < -0.39 is 23.7 Å². The molecule has 0 fully saturated rings. The predicted molar refractivity (Wildman–Crippen MR) is 72.7 cm³/mol. The highest BCUT2D eigenvalue weighted by atomic mass is 19.4. The summed E-state index contributed by atoms with van der Waals surface area (Å²) in [4.78, 5) is 21.6. The number of ether oxygens (including phenoxy) is 2. The molecule has 4 nitrogen and oxygen atoms in total. The number of esters is 2. The van der Waals surface area contributed by atoms with Crippen LogP contribution in [0.3, 0.4) is 0 Å². The molecule has 0 aromatic heterocycles. The standard InChI is InChI=1S/C15H15F3O4/c1-10(19)21-8-13(9-22-11(2)20)7-12-3-5-14(6-4-12)15(16,17)18/h3-7H,8-9H2,1-2H3. The minimum atomic E-state index is -4.40. The summed E-state index contributed by atoms with van der Waals surface area (Å²) in [6.45, 7) is 2.23. The molecule has 22 heavy (non-hydrogen) atoms. The Hall–Kier alpha value is -2.31. The van der Waals surface area contributed by atoms with Gasteiger partial charge in [-0.2, -0.15) is 13.2 Å². The van der Waals surface area contributed by atoms with Crippen molar-refractivity contribution in [3.05, 3.63) is 41.0 Å². The van der Waals surface area contributed by atoms with E-state index in [1.54, 1.807) is 0 Å². The molecule has 0 aliphatic rings. The third-order valence-electron chi connectivity index (χ3n) is 2.53. The van der Waals surface area contributed by atoms with Crippen LogP contribution in [0.1, 0.15) is 25.0 Å². The van der Waals surface area contributed by atoms with Crippen LogP contribution in [0.5, 0.6) is 0 Å². The number of hydrogen-bond donors (Lipinski definition) is 0. The van der Waals surface area contributed by atoms with Gasteiger partial charge in [0.1, 0.15) is 13.2 Å². The molecule has 1 rings (SSSR count). The summed E-state index contributed by atoms with van der Waals surface area (Å²) in [6.07, 6.45) is -2.90. The third kappa shape index (κ3) is 6.43. The number of halogens is 3. The predicted octanol–water partition coefficient (Wildman–Crippen LogP) is 3.22. The molecule has 0 spiro atoms. The maximum Gasteiger partial charge on any atom is 0.416 e. The van der Waals surface area contributed by atoms with Crippen molar-refractivity contribution in [2.24, 2.45) is 0 Å². The molecule has 0 N–H and O–H groups in total. The lowest BCUT2D eigenvalue weighted by Crippen LogP contribution is -2.10. The van der Waals surface area contributed by atoms with Crippen molar-refractivity contribution < 1.29 is 32.2 Å². The normalized spacial score (nSPS) is 10.8. The SMILES string of the molecule is CC(=O)OCC(=Cc1ccc(C(F)(F)F)cc1)COC(C)=O. The monoisotopic (exact) mass is 316 g/mol. The van der Waals surface area contributed by atoms with Gasteiger partial charge >= 0.3 is 18.1 Å². The van der Waals surface area contributed by atoms with E-state index in [-0.39, 0.29) is 13.2 Å². The number of benzene rings is 1. The summed E-state index contributed by atoms with van der Waals surface area (Å²) in [5, 5.41) is 0. The summed E-state index contributed by atoms with van der Waals surface area (Å²) >= 11 is 0. The van der Waals surface area contributed by atoms with Gasteiger partial charge in [-0.05, 0) is 23.8 Å². The maximum absolute atomic E-state index is 12.5. The van der Waals surface area contributed by atoms with Crippen LogP contribution in [-0.4, -0.2) is 25.2 Å². The van der Waals surface area contributed by atoms with E-state index in [1.807, 2.05) is 0 Å². The number of rotatable bonds is 5. The number of alkyl halides is 3. The van der Waals surface area contributed by atoms with Crippen molar-refractivity contribution in [2.75, 3.05) is 13.2 Å². The summed E-state index contributed by atoms with van der Waals surface area (Å²) in [5.74, 6) is -1.03. The fraction of sp³-hybridized carbons (Fsp3) is 0.333. The van der Waals surface area contributed by atoms with Crippen molar-refractivity contribution in [1.29, 1.82) is 0 Å². The van der Waals surface area contributed by atoms with Crippen LogP contribution < -0.4 is 0 Å². The smallest absolute Gasteiger partial charge is 0.416 e. The molecule has 0 atom stereocenters. The van der Waals surface area contributed by atoms with Crippen LogP contribution in [0, 0.1) is 0 Å². The van der Waals surface area contributed by atoms with Crippen LogP contribution in [0.25, 0.3) is 6.08 Å². The first-order chi connectivity index (χ1) is 10.2. The molecule has 0 aliphatic carbocycles. The summed E-state index contributed by atoms with van der Waals surface area (Å²) in [7, 11) is 0. The Kier molecular flexibility index (Phi) is 6.15. The summed E-state index contributed by atoms with van der Waals surface area (Å²) < 4.78 is 47.0. The Labute approximate surface area is 125 Å². The summed E-state index contributed by atoms with van der Waals surface area (Å²) in [6, 6.07) is 4.46. The molecular weight excluding hydrogens is 301 g/mol. The van der Waals surface area contributed by atoms with Crippen molar-refractivity contribution in [3.8, 4) is 0 Å². The van der Waals surface area contributed by atoms with Crippen molar-refractivity contribution >= 4 is 18.0 Å². The minimum Gasteiger partial charge on any atom is -0.461 e. The van der Waals surface area contributed by atoms with Crippen LogP contribution in [0.2, 0.25) is 0 Å². The second-order valence-corrected chi connectivity index (χ2v) is 4.48. The van der Waals surface area contributed by atoms with Gasteiger partial charge in [0.25, 0.3) is 0 Å². The van der Waals surface area contributed by atoms with Gasteiger partial charge in [0, 0.05) is 19.4 Å². The van der Waals surface area contributed by atoms with Crippen molar-refractivity contribution in [3.63, 3.8) is 0 Å². The molecule has 0 heterocycles. The van der Waals surface area contributed by atoms with E-state index in [4.69, 9.17) is 9.47 Å². The molecule has 0 saturated heterocycles. The minimum absolute atomic E-state index is 0.108. The van der Waals surface area contributed by atoms with Gasteiger partial charge in [-0.15, -0.1) is 0 Å². The van der Waals surface area contributed by atoms with Gasteiger partial charge < -0.3 is 9.47 Å². The Bertz CT molecular complexity index is 539. The zero-order valence-corrected chi connectivity index (χ0v) is 12.1. The molecule has 7 heteroatoms. The number of carbonyl (C=O) groups excluding carboxylic acids is 2. The first-order valence-electron chi connectivity index (χ1n) is 6.32. The third-order valence-corrected chi connectivity index (χ3v) is 2.53. The Balaban J connectivity index is 2.89. The van der Waals surface area contributed by atoms with Crippen LogP contribution in [0.15, 0.2) is 29.8 Å². The highest BCUT2D eigenvalue weighted by Gasteiger charge is 2.29. The van der Waals surface area contributed by atoms with Gasteiger partial charge in [-0.3, -0.25) is 9.59 Å². The first kappa shape index (κ1) is 17.7. The van der Waals surface area contributed by atoms with Gasteiger partial charge in [0.05, 0.1) is 5.56 Å². The van der Waals surface area contributed by atoms with Crippen LogP contribution in [-0.2, 0) is 25.2 Å². The zero-order valence-electron chi connectivity index (χ0n) is 12.1. The highest BCUT2D eigenvalue weighted by Crippen LogP contribution is 2.29. The zero-order chi connectivity index (χ0) is 16.8. The van der Waals surface area contributed by atoms with E-state index in [0.717, 1.165) is 12.1 Å². The topological polar surface area (TPSA) is 52.6 Å². The van der Waals surface area contributed by atoms with Gasteiger partial charge in [0.2, 0.25) is 0 Å². The lowest BCUT2D eigenvalue weighted by Gasteiger charge is -2.09. The maximum atomic E-state index is 12.5. The first-order valence-corrected chi connectivity index (χ1v) is 6.32. The number of carbonyl (C=O) groups is 2. The van der Waals surface area contributed by atoms with E-state index in [2.05, 4.69) is 0 Å². The van der Waals surface area contributed by atoms with Crippen LogP contribution >= 0.6 is 0 Å². The lowest BCUT2D eigenvalue weighted by atomic mass is 10.1. The average molecular weight is 316 g/mol. The Morgan fingerprint density at radius 3 is 1.82 bits per heavy atom. The van der Waals surface area contributed by atoms with Crippen molar-refractivity contribution in [1.82, 2.24) is 0 Å². The Morgan fingerprint density at radius 1 is 1.00 bits per heavy atom. The lowest BCUT2D eigenvalue weighted by molar-refractivity contribution is -0.141. The largest absolute Gasteiger partial charge is 0.461 e. The second-order valence-electron chi connectivity index (χ2n) is 4.48. The fourth-order valence-electron chi connectivity index (χ4n) is 1.52. The summed E-state index contributed by atoms with van der Waals surface area (Å²) in [5.41, 5.74) is 0.165. The van der Waals surface area contributed by atoms with Gasteiger partial charge in [0.15, 0.2) is 0 Å². The van der Waals surface area contributed by atoms with Crippen molar-refractivity contribution in [2.45, 2.75) is 20.0 Å². The van der Waals surface area contributed by atoms with E-state index in [9.17, 15) is 22.8 Å². The molecule has 0 bridgehead atoms. The van der Waals surface area contributed by atoms with Gasteiger partial charge in [-0.25, -0.2) is 0 Å². The molecule has 0 aliphatic heterocycles. The second kappa shape index (κ2) is 7.63. The molecule has 0 unspecified atom stereocenters. The van der Waals surface area contributed by atoms with E-state index in [1.165, 1.54) is 32.1 Å². The molecule has 0 radical (unpaired) electrons. The van der Waals surface area contributed by atoms with E-state index >= 15 is 0 Å². The average Bonchev–Trinajstić information content (AvgIpc) is 2.41. The molecule has 1 aromatic carbocycles. The number of hydrogen-bond acceptors (Lipinski definition) is 4. The van der Waals surface area contributed by atoms with Crippen LogP contribution in [0.4, 0.5) is 13.2 Å². The molecule has 1 aromatic rings. The Morgan fingerprint density at radius 2 is 1.45 bits per heavy atom. The highest BCUT2D eigenvalue weighted by molar-refractivity contribution is 5.67.